The van der Waals surface area contributed by atoms with Crippen molar-refractivity contribution in [2.75, 3.05) is 0 Å². The Morgan fingerprint density at radius 2 is 1.94 bits per heavy atom. The molecule has 2 aromatic heterocycles. The molecule has 2 aromatic carbocycles. The Hall–Kier alpha value is -3.15. The van der Waals surface area contributed by atoms with Crippen LogP contribution in [0.3, 0.4) is 0 Å². The van der Waals surface area contributed by atoms with Crippen molar-refractivity contribution in [1.82, 2.24) is 9.99 Å². The normalized spacial score (nSPS) is 16.0. The van der Waals surface area contributed by atoms with Crippen molar-refractivity contribution < 1.29 is 9.21 Å². The predicted octanol–water partition coefficient (Wildman–Crippen LogP) is 6.43. The summed E-state index contributed by atoms with van der Waals surface area (Å²) >= 11 is 12.9. The van der Waals surface area contributed by atoms with E-state index in [4.69, 9.17) is 27.6 Å². The number of benzene rings is 2. The van der Waals surface area contributed by atoms with Crippen LogP contribution >= 0.6 is 23.2 Å². The standard InChI is InChI=1S/C24H17Cl2N3O2/c1-14-8-9-19-15(11-14)12-17(23(26)27-19)21-13-20(22-7-4-10-31-22)28-29(21)24(30)16-5-2-3-6-18(16)25/h2-12,21H,13H2,1H3. The molecule has 4 aromatic rings. The Kier molecular flexibility index (Phi) is 5.00. The molecule has 0 saturated heterocycles. The smallest absolute Gasteiger partial charge is 0.276 e. The van der Waals surface area contributed by atoms with E-state index >= 15 is 0 Å². The van der Waals surface area contributed by atoms with E-state index in [1.54, 1.807) is 36.6 Å². The topological polar surface area (TPSA) is 58.7 Å². The first kappa shape index (κ1) is 19.8. The lowest BCUT2D eigenvalue weighted by atomic mass is 9.99. The number of carbonyl (C=O) groups is 1. The molecule has 1 unspecified atom stereocenters. The van der Waals surface area contributed by atoms with E-state index in [1.165, 1.54) is 5.01 Å². The molecule has 0 fully saturated rings. The number of furan rings is 1. The highest BCUT2D eigenvalue weighted by molar-refractivity contribution is 6.34. The molecule has 0 spiro atoms. The molecule has 1 atom stereocenters. The quantitative estimate of drug-likeness (QED) is 0.338. The van der Waals surface area contributed by atoms with E-state index in [2.05, 4.69) is 10.1 Å². The number of nitrogens with zero attached hydrogens (tertiary/aromatic N) is 3. The van der Waals surface area contributed by atoms with Crippen LogP contribution < -0.4 is 0 Å². The third kappa shape index (κ3) is 3.60. The van der Waals surface area contributed by atoms with Crippen molar-refractivity contribution in [2.45, 2.75) is 19.4 Å². The van der Waals surface area contributed by atoms with Crippen molar-refractivity contribution in [3.8, 4) is 0 Å². The van der Waals surface area contributed by atoms with Crippen LogP contribution in [0.4, 0.5) is 0 Å². The highest BCUT2D eigenvalue weighted by atomic mass is 35.5. The van der Waals surface area contributed by atoms with Crippen LogP contribution in [0.25, 0.3) is 10.9 Å². The van der Waals surface area contributed by atoms with Gasteiger partial charge in [-0.3, -0.25) is 4.79 Å². The number of pyridine rings is 1. The molecule has 0 aliphatic carbocycles. The summed E-state index contributed by atoms with van der Waals surface area (Å²) in [6.07, 6.45) is 2.03. The Labute approximate surface area is 188 Å². The van der Waals surface area contributed by atoms with Gasteiger partial charge in [0.05, 0.1) is 28.4 Å². The molecule has 1 aliphatic rings. The molecule has 5 rings (SSSR count). The van der Waals surface area contributed by atoms with Gasteiger partial charge in [0, 0.05) is 17.4 Å². The molecular formula is C24H17Cl2N3O2. The van der Waals surface area contributed by atoms with Crippen molar-refractivity contribution in [2.24, 2.45) is 5.10 Å². The monoisotopic (exact) mass is 449 g/mol. The number of fused-ring (bicyclic) bond motifs is 1. The van der Waals surface area contributed by atoms with E-state index in [9.17, 15) is 4.79 Å². The first-order valence-electron chi connectivity index (χ1n) is 9.77. The van der Waals surface area contributed by atoms with Gasteiger partial charge in [-0.05, 0) is 49.4 Å². The zero-order valence-corrected chi connectivity index (χ0v) is 18.1. The third-order valence-electron chi connectivity index (χ3n) is 5.34. The summed E-state index contributed by atoms with van der Waals surface area (Å²) in [5.41, 5.74) is 3.68. The first-order chi connectivity index (χ1) is 15.0. The maximum absolute atomic E-state index is 13.4. The number of hydrogen-bond donors (Lipinski definition) is 0. The number of carbonyl (C=O) groups excluding carboxylic acids is 1. The summed E-state index contributed by atoms with van der Waals surface area (Å²) in [6, 6.07) is 18.1. The van der Waals surface area contributed by atoms with Gasteiger partial charge in [-0.2, -0.15) is 5.10 Å². The maximum atomic E-state index is 13.4. The van der Waals surface area contributed by atoms with Gasteiger partial charge >= 0.3 is 0 Å². The summed E-state index contributed by atoms with van der Waals surface area (Å²) < 4.78 is 5.53. The molecule has 0 saturated carbocycles. The third-order valence-corrected chi connectivity index (χ3v) is 5.97. The minimum absolute atomic E-state index is 0.308. The summed E-state index contributed by atoms with van der Waals surface area (Å²) in [4.78, 5) is 18.0. The maximum Gasteiger partial charge on any atom is 0.276 e. The Bertz CT molecular complexity index is 1330. The van der Waals surface area contributed by atoms with Crippen LogP contribution in [-0.2, 0) is 0 Å². The number of amides is 1. The fourth-order valence-electron chi connectivity index (χ4n) is 3.81. The van der Waals surface area contributed by atoms with E-state index in [-0.39, 0.29) is 5.91 Å². The second-order valence-corrected chi connectivity index (χ2v) is 8.20. The van der Waals surface area contributed by atoms with Gasteiger partial charge in [-0.15, -0.1) is 0 Å². The second kappa shape index (κ2) is 7.84. The Morgan fingerprint density at radius 1 is 1.10 bits per heavy atom. The van der Waals surface area contributed by atoms with Gasteiger partial charge in [-0.1, -0.05) is 47.0 Å². The molecule has 7 heteroatoms. The molecular weight excluding hydrogens is 433 g/mol. The fourth-order valence-corrected chi connectivity index (χ4v) is 4.30. The zero-order valence-electron chi connectivity index (χ0n) is 16.5. The highest BCUT2D eigenvalue weighted by Crippen LogP contribution is 2.38. The average Bonchev–Trinajstić information content (AvgIpc) is 3.43. The lowest BCUT2D eigenvalue weighted by molar-refractivity contribution is 0.0711. The van der Waals surface area contributed by atoms with Crippen molar-refractivity contribution in [3.63, 3.8) is 0 Å². The van der Waals surface area contributed by atoms with Crippen molar-refractivity contribution in [3.05, 3.63) is 99.6 Å². The molecule has 0 bridgehead atoms. The van der Waals surface area contributed by atoms with Crippen LogP contribution in [0.15, 0.2) is 76.4 Å². The van der Waals surface area contributed by atoms with Gasteiger partial charge in [-0.25, -0.2) is 9.99 Å². The van der Waals surface area contributed by atoms with Gasteiger partial charge in [0.1, 0.15) is 16.6 Å². The lowest BCUT2D eigenvalue weighted by Gasteiger charge is -2.23. The summed E-state index contributed by atoms with van der Waals surface area (Å²) in [5, 5.41) is 7.70. The molecule has 5 nitrogen and oxygen atoms in total. The first-order valence-corrected chi connectivity index (χ1v) is 10.5. The van der Waals surface area contributed by atoms with Crippen molar-refractivity contribution >= 4 is 45.7 Å². The minimum atomic E-state index is -0.436. The van der Waals surface area contributed by atoms with Crippen molar-refractivity contribution in [1.29, 1.82) is 0 Å². The molecule has 0 radical (unpaired) electrons. The zero-order chi connectivity index (χ0) is 21.5. The summed E-state index contributed by atoms with van der Waals surface area (Å²) in [6.45, 7) is 2.02. The molecule has 1 amide bonds. The SMILES string of the molecule is Cc1ccc2nc(Cl)c(C3CC(c4ccco4)=NN3C(=O)c3ccccc3Cl)cc2c1. The number of aryl methyl sites for hydroxylation is 1. The Balaban J connectivity index is 1.63. The Morgan fingerprint density at radius 3 is 2.71 bits per heavy atom. The fraction of sp³-hybridized carbons (Fsp3) is 0.125. The average molecular weight is 450 g/mol. The van der Waals surface area contributed by atoms with Crippen LogP contribution in [0.5, 0.6) is 0 Å². The predicted molar refractivity (Wildman–Crippen MR) is 122 cm³/mol. The van der Waals surface area contributed by atoms with E-state index in [0.29, 0.717) is 33.6 Å². The van der Waals surface area contributed by atoms with Crippen LogP contribution in [0, 0.1) is 6.92 Å². The molecule has 1 aliphatic heterocycles. The van der Waals surface area contributed by atoms with Crippen LogP contribution in [0.1, 0.15) is 39.7 Å². The molecule has 0 N–H and O–H groups in total. The minimum Gasteiger partial charge on any atom is -0.463 e. The lowest BCUT2D eigenvalue weighted by Crippen LogP contribution is -2.27. The van der Waals surface area contributed by atoms with Crippen LogP contribution in [0.2, 0.25) is 10.2 Å². The number of hydrazone groups is 1. The second-order valence-electron chi connectivity index (χ2n) is 7.44. The van der Waals surface area contributed by atoms with Gasteiger partial charge in [0.25, 0.3) is 5.91 Å². The number of rotatable bonds is 3. The van der Waals surface area contributed by atoms with Gasteiger partial charge < -0.3 is 4.42 Å². The summed E-state index contributed by atoms with van der Waals surface area (Å²) in [5.74, 6) is 0.303. The van der Waals surface area contributed by atoms with E-state index in [1.807, 2.05) is 37.3 Å². The number of aromatic nitrogens is 1. The number of halogens is 2. The molecule has 31 heavy (non-hydrogen) atoms. The van der Waals surface area contributed by atoms with Crippen LogP contribution in [-0.4, -0.2) is 21.6 Å². The van der Waals surface area contributed by atoms with Gasteiger partial charge in [0.2, 0.25) is 0 Å². The highest BCUT2D eigenvalue weighted by Gasteiger charge is 2.36. The molecule has 3 heterocycles. The summed E-state index contributed by atoms with van der Waals surface area (Å²) in [7, 11) is 0. The number of hydrogen-bond acceptors (Lipinski definition) is 4. The van der Waals surface area contributed by atoms with E-state index < -0.39 is 6.04 Å². The largest absolute Gasteiger partial charge is 0.463 e. The molecule has 154 valence electrons. The van der Waals surface area contributed by atoms with E-state index in [0.717, 1.165) is 22.0 Å². The van der Waals surface area contributed by atoms with Gasteiger partial charge in [0.15, 0.2) is 0 Å².